The standard InChI is InChI=1S/C17H12O5/c18-12-5-2-10(3-6-12)1-4-11-7-16(21)22-15-9-13(19)8-14(20)17(11)15/h1-9,18-20H/b4-1+. The second-order valence-corrected chi connectivity index (χ2v) is 4.78. The number of hydrogen-bond donors (Lipinski definition) is 3. The van der Waals surface area contributed by atoms with Gasteiger partial charge in [0.1, 0.15) is 22.8 Å². The van der Waals surface area contributed by atoms with Crippen molar-refractivity contribution >= 4 is 23.1 Å². The normalized spacial score (nSPS) is 11.3. The molecule has 5 heteroatoms. The summed E-state index contributed by atoms with van der Waals surface area (Å²) in [5.41, 5.74) is 0.812. The first-order valence-corrected chi connectivity index (χ1v) is 6.50. The zero-order valence-corrected chi connectivity index (χ0v) is 11.4. The first kappa shape index (κ1) is 13.8. The highest BCUT2D eigenvalue weighted by Gasteiger charge is 2.10. The van der Waals surface area contributed by atoms with E-state index in [2.05, 4.69) is 0 Å². The van der Waals surface area contributed by atoms with Crippen LogP contribution in [-0.4, -0.2) is 15.3 Å². The molecule has 1 heterocycles. The summed E-state index contributed by atoms with van der Waals surface area (Å²) in [5, 5.41) is 29.0. The molecular weight excluding hydrogens is 284 g/mol. The van der Waals surface area contributed by atoms with Crippen LogP contribution in [0.4, 0.5) is 0 Å². The summed E-state index contributed by atoms with van der Waals surface area (Å²) in [7, 11) is 0. The van der Waals surface area contributed by atoms with Crippen molar-refractivity contribution in [1.82, 2.24) is 0 Å². The molecule has 1 aromatic heterocycles. The van der Waals surface area contributed by atoms with E-state index in [9.17, 15) is 20.1 Å². The molecule has 3 N–H and O–H groups in total. The molecule has 0 amide bonds. The van der Waals surface area contributed by atoms with Gasteiger partial charge in [-0.15, -0.1) is 0 Å². The van der Waals surface area contributed by atoms with Gasteiger partial charge in [-0.3, -0.25) is 0 Å². The maximum Gasteiger partial charge on any atom is 0.336 e. The predicted octanol–water partition coefficient (Wildman–Crippen LogP) is 3.08. The predicted molar refractivity (Wildman–Crippen MR) is 82.8 cm³/mol. The Morgan fingerprint density at radius 1 is 0.864 bits per heavy atom. The van der Waals surface area contributed by atoms with Gasteiger partial charge >= 0.3 is 5.63 Å². The van der Waals surface area contributed by atoms with E-state index in [0.29, 0.717) is 10.9 Å². The van der Waals surface area contributed by atoms with Crippen LogP contribution in [0.1, 0.15) is 11.1 Å². The Kier molecular flexibility index (Phi) is 3.31. The quantitative estimate of drug-likeness (QED) is 0.632. The van der Waals surface area contributed by atoms with Crippen molar-refractivity contribution < 1.29 is 19.7 Å². The Labute approximate surface area is 125 Å². The van der Waals surface area contributed by atoms with Gasteiger partial charge in [-0.2, -0.15) is 0 Å². The van der Waals surface area contributed by atoms with E-state index < -0.39 is 5.63 Å². The van der Waals surface area contributed by atoms with Crippen molar-refractivity contribution in [3.63, 3.8) is 0 Å². The lowest BCUT2D eigenvalue weighted by molar-refractivity contribution is 0.451. The molecule has 0 fully saturated rings. The zero-order chi connectivity index (χ0) is 15.7. The molecule has 0 aliphatic rings. The minimum Gasteiger partial charge on any atom is -0.508 e. The number of aromatic hydroxyl groups is 3. The summed E-state index contributed by atoms with van der Waals surface area (Å²) in [6.45, 7) is 0. The first-order chi connectivity index (χ1) is 10.5. The fourth-order valence-corrected chi connectivity index (χ4v) is 2.20. The topological polar surface area (TPSA) is 90.9 Å². The average molecular weight is 296 g/mol. The average Bonchev–Trinajstić information content (AvgIpc) is 2.45. The van der Waals surface area contributed by atoms with Crippen LogP contribution in [0.15, 0.2) is 51.7 Å². The summed E-state index contributed by atoms with van der Waals surface area (Å²) in [5.74, 6) is -0.201. The highest BCUT2D eigenvalue weighted by molar-refractivity contribution is 5.94. The number of hydrogen-bond acceptors (Lipinski definition) is 5. The number of phenolic OH excluding ortho intramolecular Hbond substituents is 3. The molecular formula is C17H12O5. The number of benzene rings is 2. The molecule has 0 radical (unpaired) electrons. The largest absolute Gasteiger partial charge is 0.508 e. The van der Waals surface area contributed by atoms with Gasteiger partial charge in [0.2, 0.25) is 0 Å². The van der Waals surface area contributed by atoms with E-state index >= 15 is 0 Å². The van der Waals surface area contributed by atoms with E-state index in [1.165, 1.54) is 18.2 Å². The molecule has 5 nitrogen and oxygen atoms in total. The van der Waals surface area contributed by atoms with Gasteiger partial charge in [0.15, 0.2) is 0 Å². The van der Waals surface area contributed by atoms with E-state index in [4.69, 9.17) is 4.42 Å². The summed E-state index contributed by atoms with van der Waals surface area (Å²) in [4.78, 5) is 11.6. The molecule has 0 bridgehead atoms. The highest BCUT2D eigenvalue weighted by atomic mass is 16.4. The van der Waals surface area contributed by atoms with E-state index in [1.807, 2.05) is 0 Å². The van der Waals surface area contributed by atoms with E-state index in [0.717, 1.165) is 5.56 Å². The number of fused-ring (bicyclic) bond motifs is 1. The summed E-state index contributed by atoms with van der Waals surface area (Å²) in [6, 6.07) is 10.2. The van der Waals surface area contributed by atoms with Gasteiger partial charge in [-0.25, -0.2) is 4.79 Å². The second kappa shape index (κ2) is 5.29. The van der Waals surface area contributed by atoms with Crippen LogP contribution in [0.25, 0.3) is 23.1 Å². The molecule has 0 unspecified atom stereocenters. The second-order valence-electron chi connectivity index (χ2n) is 4.78. The van der Waals surface area contributed by atoms with Gasteiger partial charge in [0.25, 0.3) is 0 Å². The smallest absolute Gasteiger partial charge is 0.336 e. The van der Waals surface area contributed by atoms with Crippen LogP contribution in [0, 0.1) is 0 Å². The van der Waals surface area contributed by atoms with Crippen LogP contribution in [-0.2, 0) is 0 Å². The molecule has 3 rings (SSSR count). The molecule has 0 aliphatic heterocycles. The Morgan fingerprint density at radius 3 is 2.32 bits per heavy atom. The van der Waals surface area contributed by atoms with Crippen molar-refractivity contribution in [3.8, 4) is 17.2 Å². The van der Waals surface area contributed by atoms with Gasteiger partial charge in [-0.05, 0) is 23.3 Å². The summed E-state index contributed by atoms with van der Waals surface area (Å²) >= 11 is 0. The third-order valence-electron chi connectivity index (χ3n) is 3.19. The number of phenols is 3. The van der Waals surface area contributed by atoms with Crippen LogP contribution in [0.2, 0.25) is 0 Å². The molecule has 0 saturated heterocycles. The minimum absolute atomic E-state index is 0.107. The van der Waals surface area contributed by atoms with Gasteiger partial charge in [-0.1, -0.05) is 24.3 Å². The van der Waals surface area contributed by atoms with Crippen molar-refractivity contribution in [1.29, 1.82) is 0 Å². The monoisotopic (exact) mass is 296 g/mol. The lowest BCUT2D eigenvalue weighted by atomic mass is 10.1. The van der Waals surface area contributed by atoms with Crippen LogP contribution < -0.4 is 5.63 Å². The molecule has 0 atom stereocenters. The van der Waals surface area contributed by atoms with Crippen molar-refractivity contribution in [2.24, 2.45) is 0 Å². The molecule has 110 valence electrons. The molecule has 0 aliphatic carbocycles. The maximum atomic E-state index is 11.6. The summed E-state index contributed by atoms with van der Waals surface area (Å²) in [6.07, 6.45) is 3.39. The minimum atomic E-state index is -0.581. The Balaban J connectivity index is 2.14. The van der Waals surface area contributed by atoms with Crippen molar-refractivity contribution in [2.75, 3.05) is 0 Å². The SMILES string of the molecule is O=c1cc(/C=C/c2ccc(O)cc2)c2c(O)cc(O)cc2o1. The third-order valence-corrected chi connectivity index (χ3v) is 3.19. The Hall–Kier alpha value is -3.21. The van der Waals surface area contributed by atoms with Crippen molar-refractivity contribution in [3.05, 3.63) is 64.0 Å². The molecule has 22 heavy (non-hydrogen) atoms. The van der Waals surface area contributed by atoms with Crippen LogP contribution in [0.5, 0.6) is 17.2 Å². The van der Waals surface area contributed by atoms with Crippen LogP contribution in [0.3, 0.4) is 0 Å². The summed E-state index contributed by atoms with van der Waals surface area (Å²) < 4.78 is 4.99. The fourth-order valence-electron chi connectivity index (χ4n) is 2.20. The zero-order valence-electron chi connectivity index (χ0n) is 11.4. The molecule has 0 spiro atoms. The first-order valence-electron chi connectivity index (χ1n) is 6.50. The highest BCUT2D eigenvalue weighted by Crippen LogP contribution is 2.32. The number of rotatable bonds is 2. The molecule has 0 saturated carbocycles. The van der Waals surface area contributed by atoms with Crippen molar-refractivity contribution in [2.45, 2.75) is 0 Å². The van der Waals surface area contributed by atoms with E-state index in [-0.39, 0.29) is 22.8 Å². The molecule has 2 aromatic carbocycles. The van der Waals surface area contributed by atoms with E-state index in [1.54, 1.807) is 36.4 Å². The van der Waals surface area contributed by atoms with Gasteiger partial charge < -0.3 is 19.7 Å². The lowest BCUT2D eigenvalue weighted by Crippen LogP contribution is -1.98. The van der Waals surface area contributed by atoms with Crippen LogP contribution >= 0.6 is 0 Å². The third kappa shape index (κ3) is 2.64. The van der Waals surface area contributed by atoms with Gasteiger partial charge in [0, 0.05) is 18.2 Å². The molecule has 3 aromatic rings. The lowest BCUT2D eigenvalue weighted by Gasteiger charge is -2.04. The maximum absolute atomic E-state index is 11.6. The fraction of sp³-hybridized carbons (Fsp3) is 0. The van der Waals surface area contributed by atoms with Gasteiger partial charge in [0.05, 0.1) is 5.39 Å². The Morgan fingerprint density at radius 2 is 1.59 bits per heavy atom. The Bertz CT molecular complexity index is 920.